The smallest absolute Gasteiger partial charge is 0.220 e. The van der Waals surface area contributed by atoms with Gasteiger partial charge in [0.25, 0.3) is 0 Å². The lowest BCUT2D eigenvalue weighted by atomic mass is 9.88. The molecule has 0 saturated heterocycles. The van der Waals surface area contributed by atoms with Crippen molar-refractivity contribution in [1.29, 1.82) is 5.26 Å². The van der Waals surface area contributed by atoms with E-state index >= 15 is 0 Å². The number of nitriles is 1. The van der Waals surface area contributed by atoms with Crippen molar-refractivity contribution < 1.29 is 0 Å². The highest BCUT2D eigenvalue weighted by Crippen LogP contribution is 2.55. The lowest BCUT2D eigenvalue weighted by molar-refractivity contribution is 1.14. The molecule has 0 aliphatic heterocycles. The van der Waals surface area contributed by atoms with E-state index in [1.54, 1.807) is 11.3 Å². The Kier molecular flexibility index (Phi) is 8.42. The molecule has 0 bridgehead atoms. The first-order chi connectivity index (χ1) is 33.7. The van der Waals surface area contributed by atoms with Gasteiger partial charge in [0, 0.05) is 63.6 Å². The Bertz CT molecular complexity index is 4450. The fraction of sp³-hybridized carbons (Fsp3) is 0. The molecule has 10 aromatic carbocycles. The second-order valence-electron chi connectivity index (χ2n) is 17.3. The number of aromatic nitrogens is 2. The fourth-order valence-corrected chi connectivity index (χ4v) is 13.6. The molecular formula is C62H34N4S2. The van der Waals surface area contributed by atoms with Crippen LogP contribution in [-0.2, 0) is 0 Å². The molecule has 0 fully saturated rings. The standard InChI is InChI=1S/C62H34N4S2/c1-64-55-53(38-20-7-3-8-21-38)49(36-63)56(65-50-29-14-11-24-41(50)42-25-12-15-30-51(42)65)54(39-22-9-4-10-23-39)59(55)66-57-44(32-34-47-43-26-13-16-31-52(43)67-61(47)57)45-33-35-48-46-28-17-27-40(37-18-5-2-6-19-37)60(46)68-62(48)58(45)66/h2-35H. The largest absolute Gasteiger partial charge is 0.316 e. The molecule has 0 N–H and O–H groups in total. The molecule has 14 rings (SSSR count). The molecule has 0 saturated carbocycles. The van der Waals surface area contributed by atoms with E-state index in [0.29, 0.717) is 16.8 Å². The van der Waals surface area contributed by atoms with Gasteiger partial charge in [-0.3, -0.25) is 0 Å². The lowest BCUT2D eigenvalue weighted by Gasteiger charge is -2.26. The number of hydrogen-bond donors (Lipinski definition) is 0. The first kappa shape index (κ1) is 38.5. The third-order valence-electron chi connectivity index (χ3n) is 13.8. The van der Waals surface area contributed by atoms with E-state index in [-0.39, 0.29) is 0 Å². The van der Waals surface area contributed by atoms with Crippen LogP contribution in [0.4, 0.5) is 5.69 Å². The van der Waals surface area contributed by atoms with E-state index < -0.39 is 0 Å². The van der Waals surface area contributed by atoms with Gasteiger partial charge in [0.2, 0.25) is 5.69 Å². The molecule has 0 aliphatic carbocycles. The van der Waals surface area contributed by atoms with Gasteiger partial charge in [0.05, 0.1) is 55.0 Å². The maximum atomic E-state index is 11.9. The van der Waals surface area contributed by atoms with Crippen LogP contribution in [-0.4, -0.2) is 9.13 Å². The van der Waals surface area contributed by atoms with Crippen molar-refractivity contribution in [2.45, 2.75) is 0 Å². The summed E-state index contributed by atoms with van der Waals surface area (Å²) in [4.78, 5) is 4.63. The summed E-state index contributed by atoms with van der Waals surface area (Å²) in [7, 11) is 0. The van der Waals surface area contributed by atoms with Gasteiger partial charge < -0.3 is 9.13 Å². The topological polar surface area (TPSA) is 38.0 Å². The van der Waals surface area contributed by atoms with Crippen LogP contribution in [0.1, 0.15) is 5.56 Å². The van der Waals surface area contributed by atoms with E-state index in [2.05, 4.69) is 190 Å². The zero-order valence-electron chi connectivity index (χ0n) is 36.2. The van der Waals surface area contributed by atoms with E-state index in [9.17, 15) is 11.8 Å². The Balaban J connectivity index is 1.29. The summed E-state index contributed by atoms with van der Waals surface area (Å²) in [6.45, 7) is 9.46. The molecule has 0 amide bonds. The van der Waals surface area contributed by atoms with Crippen LogP contribution in [0.3, 0.4) is 0 Å². The summed E-state index contributed by atoms with van der Waals surface area (Å²) in [6.07, 6.45) is 0. The molecule has 0 aliphatic rings. The minimum atomic E-state index is 0.427. The molecule has 0 unspecified atom stereocenters. The van der Waals surface area contributed by atoms with Gasteiger partial charge in [-0.2, -0.15) is 5.26 Å². The minimum absolute atomic E-state index is 0.427. The molecule has 4 heterocycles. The summed E-state index contributed by atoms with van der Waals surface area (Å²) < 4.78 is 9.45. The molecule has 4 nitrogen and oxygen atoms in total. The van der Waals surface area contributed by atoms with Crippen LogP contribution in [0, 0.1) is 17.9 Å². The van der Waals surface area contributed by atoms with Crippen LogP contribution in [0.15, 0.2) is 206 Å². The van der Waals surface area contributed by atoms with Gasteiger partial charge in [-0.1, -0.05) is 188 Å². The zero-order chi connectivity index (χ0) is 45.0. The van der Waals surface area contributed by atoms with Crippen molar-refractivity contribution in [3.63, 3.8) is 0 Å². The number of para-hydroxylation sites is 2. The fourth-order valence-electron chi connectivity index (χ4n) is 11.0. The predicted octanol–water partition coefficient (Wildman–Crippen LogP) is 18.0. The molecule has 4 aromatic heterocycles. The van der Waals surface area contributed by atoms with Gasteiger partial charge >= 0.3 is 0 Å². The molecular weight excluding hydrogens is 865 g/mol. The Morgan fingerprint density at radius 3 is 1.50 bits per heavy atom. The van der Waals surface area contributed by atoms with E-state index in [4.69, 9.17) is 0 Å². The SMILES string of the molecule is [C-]#[N+]c1c(-c2ccccc2)c(C#N)c(-n2c3ccccc3c3ccccc32)c(-c2ccccc2)c1-n1c2c(ccc3c4ccccc4sc32)c2ccc3c4cccc(-c5ccccc5)c4sc3c21. The van der Waals surface area contributed by atoms with E-state index in [0.717, 1.165) is 86.5 Å². The average molecular weight is 899 g/mol. The van der Waals surface area contributed by atoms with Gasteiger partial charge in [-0.25, -0.2) is 4.85 Å². The van der Waals surface area contributed by atoms with E-state index in [1.807, 2.05) is 47.7 Å². The highest BCUT2D eigenvalue weighted by atomic mass is 32.1. The quantitative estimate of drug-likeness (QED) is 0.159. The van der Waals surface area contributed by atoms with Crippen LogP contribution in [0.2, 0.25) is 0 Å². The van der Waals surface area contributed by atoms with Crippen molar-refractivity contribution in [3.05, 3.63) is 223 Å². The molecule has 314 valence electrons. The van der Waals surface area contributed by atoms with Crippen LogP contribution in [0.5, 0.6) is 0 Å². The van der Waals surface area contributed by atoms with Gasteiger partial charge in [-0.05, 0) is 40.5 Å². The highest BCUT2D eigenvalue weighted by Gasteiger charge is 2.33. The lowest BCUT2D eigenvalue weighted by Crippen LogP contribution is -2.08. The summed E-state index contributed by atoms with van der Waals surface area (Å²) in [5.74, 6) is 0. The van der Waals surface area contributed by atoms with Crippen LogP contribution < -0.4 is 0 Å². The third kappa shape index (κ3) is 5.33. The number of rotatable bonds is 5. The number of fused-ring (bicyclic) bond motifs is 14. The third-order valence-corrected chi connectivity index (χ3v) is 16.2. The maximum absolute atomic E-state index is 11.9. The maximum Gasteiger partial charge on any atom is 0.220 e. The summed E-state index contributed by atoms with van der Waals surface area (Å²) >= 11 is 3.63. The van der Waals surface area contributed by atoms with Crippen LogP contribution in [0.25, 0.3) is 134 Å². The van der Waals surface area contributed by atoms with Crippen molar-refractivity contribution in [3.8, 4) is 50.8 Å². The second-order valence-corrected chi connectivity index (χ2v) is 19.3. The van der Waals surface area contributed by atoms with Crippen molar-refractivity contribution in [2.75, 3.05) is 0 Å². The molecule has 14 aromatic rings. The number of thiophene rings is 2. The van der Waals surface area contributed by atoms with E-state index in [1.165, 1.54) is 36.7 Å². The first-order valence-corrected chi connectivity index (χ1v) is 24.2. The molecule has 6 heteroatoms. The number of nitrogens with zero attached hydrogens (tertiary/aromatic N) is 4. The van der Waals surface area contributed by atoms with Crippen LogP contribution >= 0.6 is 22.7 Å². The Morgan fingerprint density at radius 2 is 0.882 bits per heavy atom. The summed E-state index contributed by atoms with van der Waals surface area (Å²) in [5, 5.41) is 21.0. The molecule has 0 atom stereocenters. The second kappa shape index (κ2) is 14.9. The Morgan fingerprint density at radius 1 is 0.397 bits per heavy atom. The number of benzene rings is 10. The van der Waals surface area contributed by atoms with Gasteiger partial charge in [-0.15, -0.1) is 22.7 Å². The van der Waals surface area contributed by atoms with Crippen molar-refractivity contribution in [1.82, 2.24) is 9.13 Å². The van der Waals surface area contributed by atoms with Gasteiger partial charge in [0.15, 0.2) is 0 Å². The number of hydrogen-bond acceptors (Lipinski definition) is 3. The highest BCUT2D eigenvalue weighted by molar-refractivity contribution is 7.27. The minimum Gasteiger partial charge on any atom is -0.316 e. The van der Waals surface area contributed by atoms with Crippen molar-refractivity contribution in [2.24, 2.45) is 0 Å². The Hall–Kier alpha value is -8.78. The average Bonchev–Trinajstić information content (AvgIpc) is 4.16. The monoisotopic (exact) mass is 898 g/mol. The normalized spacial score (nSPS) is 11.8. The molecule has 0 radical (unpaired) electrons. The summed E-state index contributed by atoms with van der Waals surface area (Å²) in [6, 6.07) is 75.4. The van der Waals surface area contributed by atoms with Gasteiger partial charge in [0.1, 0.15) is 6.07 Å². The Labute approximate surface area is 398 Å². The molecule has 0 spiro atoms. The predicted molar refractivity (Wildman–Crippen MR) is 288 cm³/mol. The zero-order valence-corrected chi connectivity index (χ0v) is 37.9. The summed E-state index contributed by atoms with van der Waals surface area (Å²) in [5.41, 5.74) is 11.9. The first-order valence-electron chi connectivity index (χ1n) is 22.6. The van der Waals surface area contributed by atoms with Crippen molar-refractivity contribution >= 4 is 112 Å². The molecule has 68 heavy (non-hydrogen) atoms.